The maximum atomic E-state index is 9.86. The molecule has 11 nitrogen and oxygen atoms in total. The van der Waals surface area contributed by atoms with Gasteiger partial charge in [-0.2, -0.15) is 0 Å². The Bertz CT molecular complexity index is 356. The molecule has 0 unspecified atom stereocenters. The smallest absolute Gasteiger partial charge is 0.221 e. The molecule has 11 heteroatoms. The molecular weight excluding hydrogens is 320 g/mol. The van der Waals surface area contributed by atoms with Crippen molar-refractivity contribution in [3.63, 3.8) is 0 Å². The van der Waals surface area contributed by atoms with Crippen LogP contribution in [0.1, 0.15) is 0 Å². The summed E-state index contributed by atoms with van der Waals surface area (Å²) in [5.41, 5.74) is 0. The van der Waals surface area contributed by atoms with Crippen LogP contribution in [0.4, 0.5) is 0 Å². The third kappa shape index (κ3) is 4.35. The summed E-state index contributed by atoms with van der Waals surface area (Å²) in [6.07, 6.45) is -11.7. The summed E-state index contributed by atoms with van der Waals surface area (Å²) in [5, 5.41) is 84.5. The third-order valence-corrected chi connectivity index (χ3v) is 3.73. The van der Waals surface area contributed by atoms with Gasteiger partial charge in [-0.3, -0.25) is 0 Å². The van der Waals surface area contributed by atoms with Gasteiger partial charge in [0.25, 0.3) is 0 Å². The summed E-state index contributed by atoms with van der Waals surface area (Å²) < 4.78 is 10.1. The Hall–Kier alpha value is -0.440. The number of aliphatic hydroxyl groups excluding tert-OH is 9. The zero-order valence-corrected chi connectivity index (χ0v) is 12.2. The van der Waals surface area contributed by atoms with E-state index in [0.717, 1.165) is 0 Å². The van der Waals surface area contributed by atoms with Crippen LogP contribution in [0.3, 0.4) is 0 Å². The van der Waals surface area contributed by atoms with Crippen molar-refractivity contribution in [1.82, 2.24) is 0 Å². The molecule has 0 spiro atoms. The molecule has 8 atom stereocenters. The average Bonchev–Trinajstić information content (AvgIpc) is 2.82. The third-order valence-electron chi connectivity index (χ3n) is 3.73. The predicted octanol–water partition coefficient (Wildman–Crippen LogP) is -5.76. The van der Waals surface area contributed by atoms with Crippen LogP contribution >= 0.6 is 0 Å². The highest BCUT2D eigenvalue weighted by atomic mass is 16.7. The zero-order chi connectivity index (χ0) is 17.8. The van der Waals surface area contributed by atoms with Gasteiger partial charge >= 0.3 is 0 Å². The van der Waals surface area contributed by atoms with Crippen LogP contribution < -0.4 is 0 Å². The molecule has 9 N–H and O–H groups in total. The minimum absolute atomic E-state index is 0.657. The minimum atomic E-state index is -2.13. The lowest BCUT2D eigenvalue weighted by Crippen LogP contribution is -2.52. The molecule has 1 rings (SSSR count). The summed E-state index contributed by atoms with van der Waals surface area (Å²) in [7, 11) is 0. The second-order valence-corrected chi connectivity index (χ2v) is 5.35. The molecule has 23 heavy (non-hydrogen) atoms. The van der Waals surface area contributed by atoms with Crippen molar-refractivity contribution in [3.8, 4) is 0 Å². The van der Waals surface area contributed by atoms with Crippen LogP contribution in [-0.2, 0) is 9.47 Å². The zero-order valence-electron chi connectivity index (χ0n) is 12.2. The van der Waals surface area contributed by atoms with E-state index in [1.807, 2.05) is 0 Å². The van der Waals surface area contributed by atoms with Crippen LogP contribution in [0, 0.1) is 0 Å². The molecule has 0 aromatic rings. The fourth-order valence-corrected chi connectivity index (χ4v) is 2.19. The quantitative estimate of drug-likeness (QED) is 0.193. The van der Waals surface area contributed by atoms with Gasteiger partial charge in [0.1, 0.15) is 49.3 Å². The molecule has 0 radical (unpaired) electrons. The second kappa shape index (κ2) is 8.60. The molecule has 1 aliphatic rings. The summed E-state index contributed by atoms with van der Waals surface area (Å²) in [6, 6.07) is 0. The summed E-state index contributed by atoms with van der Waals surface area (Å²) in [5.74, 6) is -2.13. The van der Waals surface area contributed by atoms with Crippen molar-refractivity contribution < 1.29 is 55.4 Å². The van der Waals surface area contributed by atoms with E-state index >= 15 is 0 Å². The van der Waals surface area contributed by atoms with Gasteiger partial charge in [-0.1, -0.05) is 0 Å². The van der Waals surface area contributed by atoms with Crippen molar-refractivity contribution in [3.05, 3.63) is 0 Å². The number of aliphatic hydroxyl groups is 9. The number of hydrogen-bond acceptors (Lipinski definition) is 11. The highest BCUT2D eigenvalue weighted by Crippen LogP contribution is 2.32. The molecule has 0 aromatic carbocycles. The van der Waals surface area contributed by atoms with Crippen molar-refractivity contribution in [1.29, 1.82) is 0 Å². The van der Waals surface area contributed by atoms with Gasteiger partial charge in [0.05, 0.1) is 19.8 Å². The first-order chi connectivity index (χ1) is 10.7. The Morgan fingerprint density at radius 1 is 0.957 bits per heavy atom. The number of ether oxygens (including phenoxy) is 2. The Morgan fingerprint density at radius 2 is 1.52 bits per heavy atom. The van der Waals surface area contributed by atoms with E-state index in [0.29, 0.717) is 0 Å². The lowest BCUT2D eigenvalue weighted by atomic mass is 10.0. The normalized spacial score (nSPS) is 36.7. The maximum Gasteiger partial charge on any atom is 0.221 e. The molecule has 1 aliphatic heterocycles. The van der Waals surface area contributed by atoms with Gasteiger partial charge in [-0.05, 0) is 0 Å². The maximum absolute atomic E-state index is 9.86. The summed E-state index contributed by atoms with van der Waals surface area (Å²) in [4.78, 5) is 0. The largest absolute Gasteiger partial charge is 0.394 e. The van der Waals surface area contributed by atoms with E-state index in [4.69, 9.17) is 19.7 Å². The Balaban J connectivity index is 2.67. The number of hydrogen-bond donors (Lipinski definition) is 9. The van der Waals surface area contributed by atoms with E-state index in [9.17, 15) is 35.7 Å². The van der Waals surface area contributed by atoms with E-state index < -0.39 is 74.9 Å². The van der Waals surface area contributed by atoms with Gasteiger partial charge in [0.15, 0.2) is 0 Å². The fraction of sp³-hybridized carbons (Fsp3) is 1.00. The summed E-state index contributed by atoms with van der Waals surface area (Å²) in [6.45, 7) is -3.18. The monoisotopic (exact) mass is 344 g/mol. The van der Waals surface area contributed by atoms with Crippen LogP contribution in [-0.4, -0.2) is 121 Å². The van der Waals surface area contributed by atoms with Crippen LogP contribution in [0.15, 0.2) is 0 Å². The van der Waals surface area contributed by atoms with Crippen molar-refractivity contribution in [2.45, 2.75) is 48.5 Å². The molecule has 0 saturated carbocycles. The standard InChI is InChI=1S/C12H24O11/c13-1-5(16)8(18)9(19)6(17)3-22-12(4-15)11(21)10(20)7(2-14)23-12/h5-11,13-21H,1-4H2/t5-,6-,7-,8-,9-,10-,11+,12+/m1/s1. The lowest BCUT2D eigenvalue weighted by Gasteiger charge is -2.32. The van der Waals surface area contributed by atoms with Crippen molar-refractivity contribution in [2.24, 2.45) is 0 Å². The Kier molecular flexibility index (Phi) is 7.70. The predicted molar refractivity (Wildman–Crippen MR) is 70.9 cm³/mol. The Labute approximate surface area is 131 Å². The second-order valence-electron chi connectivity index (χ2n) is 5.35. The molecular formula is C12H24O11. The Morgan fingerprint density at radius 3 is 1.96 bits per heavy atom. The molecule has 0 bridgehead atoms. The first kappa shape index (κ1) is 20.6. The van der Waals surface area contributed by atoms with Crippen LogP contribution in [0.25, 0.3) is 0 Å². The molecule has 1 saturated heterocycles. The fourth-order valence-electron chi connectivity index (χ4n) is 2.19. The highest BCUT2D eigenvalue weighted by Gasteiger charge is 2.55. The molecule has 0 amide bonds. The SMILES string of the molecule is OC[C@@H](O)[C@@H](O)[C@H](O)[C@H](O)CO[C@@]1(CO)O[C@H](CO)[C@@H](O)[C@@H]1O. The molecule has 1 fully saturated rings. The molecule has 0 aromatic heterocycles. The first-order valence-corrected chi connectivity index (χ1v) is 6.96. The first-order valence-electron chi connectivity index (χ1n) is 6.96. The minimum Gasteiger partial charge on any atom is -0.394 e. The molecule has 138 valence electrons. The van der Waals surface area contributed by atoms with Gasteiger partial charge in [-0.15, -0.1) is 0 Å². The topological polar surface area (TPSA) is 201 Å². The molecule has 0 aliphatic carbocycles. The number of rotatable bonds is 9. The van der Waals surface area contributed by atoms with Gasteiger partial charge < -0.3 is 55.4 Å². The van der Waals surface area contributed by atoms with E-state index in [-0.39, 0.29) is 0 Å². The average molecular weight is 344 g/mol. The van der Waals surface area contributed by atoms with E-state index in [1.165, 1.54) is 0 Å². The summed E-state index contributed by atoms with van der Waals surface area (Å²) >= 11 is 0. The van der Waals surface area contributed by atoms with Gasteiger partial charge in [0.2, 0.25) is 5.79 Å². The van der Waals surface area contributed by atoms with Crippen molar-refractivity contribution >= 4 is 0 Å². The van der Waals surface area contributed by atoms with Crippen LogP contribution in [0.5, 0.6) is 0 Å². The van der Waals surface area contributed by atoms with Gasteiger partial charge in [-0.25, -0.2) is 0 Å². The van der Waals surface area contributed by atoms with Crippen LogP contribution in [0.2, 0.25) is 0 Å². The van der Waals surface area contributed by atoms with Crippen molar-refractivity contribution in [2.75, 3.05) is 26.4 Å². The van der Waals surface area contributed by atoms with E-state index in [1.54, 1.807) is 0 Å². The molecule has 1 heterocycles. The lowest BCUT2D eigenvalue weighted by molar-refractivity contribution is -0.287. The van der Waals surface area contributed by atoms with Gasteiger partial charge in [0, 0.05) is 0 Å². The highest BCUT2D eigenvalue weighted by molar-refractivity contribution is 4.96. The van der Waals surface area contributed by atoms with E-state index in [2.05, 4.69) is 0 Å².